The molecule has 3 nitrogen and oxygen atoms in total. The minimum Gasteiger partial charge on any atom is -0.210 e. The van der Waals surface area contributed by atoms with Crippen molar-refractivity contribution in [2.75, 3.05) is 12.4 Å². The SMILES string of the molecule is O=S(=O)(NCCCl)c1c(Cl)cc(Cl)cc1Cl. The highest BCUT2D eigenvalue weighted by Crippen LogP contribution is 2.32. The molecule has 0 aliphatic heterocycles. The van der Waals surface area contributed by atoms with E-state index < -0.39 is 10.0 Å². The molecule has 0 atom stereocenters. The van der Waals surface area contributed by atoms with Crippen molar-refractivity contribution < 1.29 is 8.42 Å². The van der Waals surface area contributed by atoms with E-state index in [-0.39, 0.29) is 32.4 Å². The van der Waals surface area contributed by atoms with Crippen LogP contribution in [0.2, 0.25) is 15.1 Å². The van der Waals surface area contributed by atoms with Gasteiger partial charge in [0.2, 0.25) is 10.0 Å². The zero-order valence-corrected chi connectivity index (χ0v) is 11.6. The topological polar surface area (TPSA) is 46.2 Å². The number of rotatable bonds is 4. The number of sulfonamides is 1. The number of nitrogens with one attached hydrogen (secondary N) is 1. The number of halogens is 4. The Hall–Kier alpha value is 0.290. The third-order valence-corrected chi connectivity index (χ3v) is 4.41. The largest absolute Gasteiger partial charge is 0.243 e. The molecule has 90 valence electrons. The van der Waals surface area contributed by atoms with Crippen LogP contribution in [0.15, 0.2) is 17.0 Å². The molecule has 0 heterocycles. The van der Waals surface area contributed by atoms with Gasteiger partial charge in [0.15, 0.2) is 0 Å². The average Bonchev–Trinajstić information content (AvgIpc) is 2.12. The molecule has 1 rings (SSSR count). The normalized spacial score (nSPS) is 11.8. The Morgan fingerprint density at radius 2 is 1.62 bits per heavy atom. The summed E-state index contributed by atoms with van der Waals surface area (Å²) in [6.45, 7) is 0.0964. The standard InChI is InChI=1S/C8H7Cl4NO2S/c9-1-2-13-16(14,15)8-6(11)3-5(10)4-7(8)12/h3-4,13H,1-2H2. The van der Waals surface area contributed by atoms with Gasteiger partial charge < -0.3 is 0 Å². The zero-order valence-electron chi connectivity index (χ0n) is 7.81. The molecule has 1 aromatic carbocycles. The van der Waals surface area contributed by atoms with E-state index in [1.807, 2.05) is 0 Å². The van der Waals surface area contributed by atoms with E-state index in [0.717, 1.165) is 0 Å². The van der Waals surface area contributed by atoms with E-state index in [1.165, 1.54) is 12.1 Å². The molecule has 0 aromatic heterocycles. The van der Waals surface area contributed by atoms with Crippen LogP contribution in [0, 0.1) is 0 Å². The van der Waals surface area contributed by atoms with Crippen molar-refractivity contribution in [3.8, 4) is 0 Å². The predicted octanol–water partition coefficient (Wildman–Crippen LogP) is 3.16. The molecule has 1 N–H and O–H groups in total. The number of benzene rings is 1. The van der Waals surface area contributed by atoms with Crippen LogP contribution >= 0.6 is 46.4 Å². The fourth-order valence-corrected chi connectivity index (χ4v) is 3.81. The summed E-state index contributed by atoms with van der Waals surface area (Å²) in [4.78, 5) is -0.189. The third kappa shape index (κ3) is 3.39. The molecule has 0 radical (unpaired) electrons. The first-order valence-corrected chi connectivity index (χ1v) is 7.24. The van der Waals surface area contributed by atoms with Crippen LogP contribution in [0.3, 0.4) is 0 Å². The monoisotopic (exact) mass is 321 g/mol. The van der Waals surface area contributed by atoms with Crippen LogP contribution in [0.5, 0.6) is 0 Å². The highest BCUT2D eigenvalue weighted by molar-refractivity contribution is 7.89. The van der Waals surface area contributed by atoms with Gasteiger partial charge in [0.25, 0.3) is 0 Å². The summed E-state index contributed by atoms with van der Waals surface area (Å²) in [5.74, 6) is 0.155. The van der Waals surface area contributed by atoms with Gasteiger partial charge in [-0.2, -0.15) is 0 Å². The Kier molecular flexibility index (Phi) is 5.16. The average molecular weight is 323 g/mol. The van der Waals surface area contributed by atoms with Crippen molar-refractivity contribution in [2.24, 2.45) is 0 Å². The smallest absolute Gasteiger partial charge is 0.210 e. The van der Waals surface area contributed by atoms with Gasteiger partial charge in [0, 0.05) is 17.4 Å². The highest BCUT2D eigenvalue weighted by Gasteiger charge is 2.21. The summed E-state index contributed by atoms with van der Waals surface area (Å²) in [6.07, 6.45) is 0. The maximum Gasteiger partial charge on any atom is 0.243 e. The highest BCUT2D eigenvalue weighted by atomic mass is 35.5. The number of alkyl halides is 1. The molecule has 0 bridgehead atoms. The maximum atomic E-state index is 11.8. The van der Waals surface area contributed by atoms with Crippen LogP contribution in [0.1, 0.15) is 0 Å². The van der Waals surface area contributed by atoms with Gasteiger partial charge in [-0.3, -0.25) is 0 Å². The van der Waals surface area contributed by atoms with Crippen LogP contribution in [0.25, 0.3) is 0 Å². The first-order chi connectivity index (χ1) is 7.38. The summed E-state index contributed by atoms with van der Waals surface area (Å²) in [6, 6.07) is 2.62. The quantitative estimate of drug-likeness (QED) is 0.865. The minimum atomic E-state index is -3.76. The van der Waals surface area contributed by atoms with E-state index in [9.17, 15) is 8.42 Å². The molecule has 0 saturated carbocycles. The second-order valence-electron chi connectivity index (χ2n) is 2.79. The lowest BCUT2D eigenvalue weighted by Crippen LogP contribution is -2.26. The number of hydrogen-bond acceptors (Lipinski definition) is 2. The Balaban J connectivity index is 3.23. The van der Waals surface area contributed by atoms with Crippen LogP contribution in [0.4, 0.5) is 0 Å². The second-order valence-corrected chi connectivity index (χ2v) is 6.12. The lowest BCUT2D eigenvalue weighted by atomic mass is 10.4. The molecule has 0 saturated heterocycles. The molecular formula is C8H7Cl4NO2S. The van der Waals surface area contributed by atoms with Gasteiger partial charge in [-0.1, -0.05) is 34.8 Å². The van der Waals surface area contributed by atoms with Crippen molar-refractivity contribution in [1.82, 2.24) is 4.72 Å². The molecular weight excluding hydrogens is 316 g/mol. The first-order valence-electron chi connectivity index (χ1n) is 4.08. The maximum absolute atomic E-state index is 11.8. The molecule has 0 amide bonds. The molecule has 0 fully saturated rings. The molecule has 0 aliphatic rings. The zero-order chi connectivity index (χ0) is 12.3. The third-order valence-electron chi connectivity index (χ3n) is 1.62. The van der Waals surface area contributed by atoms with Crippen molar-refractivity contribution in [1.29, 1.82) is 0 Å². The Morgan fingerprint density at radius 1 is 1.12 bits per heavy atom. The molecule has 1 aromatic rings. The Labute approximate surface area is 114 Å². The van der Waals surface area contributed by atoms with Gasteiger partial charge in [0.05, 0.1) is 10.0 Å². The van der Waals surface area contributed by atoms with Crippen molar-refractivity contribution in [3.63, 3.8) is 0 Å². The van der Waals surface area contributed by atoms with Crippen molar-refractivity contribution >= 4 is 56.4 Å². The van der Waals surface area contributed by atoms with E-state index in [2.05, 4.69) is 4.72 Å². The van der Waals surface area contributed by atoms with Crippen molar-refractivity contribution in [3.05, 3.63) is 27.2 Å². The molecule has 0 spiro atoms. The van der Waals surface area contributed by atoms with E-state index in [0.29, 0.717) is 0 Å². The van der Waals surface area contributed by atoms with Gasteiger partial charge in [-0.15, -0.1) is 11.6 Å². The molecule has 8 heteroatoms. The van der Waals surface area contributed by atoms with Crippen LogP contribution in [-0.4, -0.2) is 20.8 Å². The summed E-state index contributed by atoms with van der Waals surface area (Å²) in [5.41, 5.74) is 0. The predicted molar refractivity (Wildman–Crippen MR) is 67.4 cm³/mol. The van der Waals surface area contributed by atoms with Crippen LogP contribution in [-0.2, 0) is 10.0 Å². The van der Waals surface area contributed by atoms with Gasteiger partial charge >= 0.3 is 0 Å². The number of hydrogen-bond donors (Lipinski definition) is 1. The van der Waals surface area contributed by atoms with E-state index in [1.54, 1.807) is 0 Å². The Bertz CT molecular complexity index is 466. The molecule has 0 unspecified atom stereocenters. The summed E-state index contributed by atoms with van der Waals surface area (Å²) in [7, 11) is -3.76. The molecule has 16 heavy (non-hydrogen) atoms. The van der Waals surface area contributed by atoms with Crippen LogP contribution < -0.4 is 4.72 Å². The fourth-order valence-electron chi connectivity index (χ4n) is 1.03. The lowest BCUT2D eigenvalue weighted by molar-refractivity contribution is 0.584. The van der Waals surface area contributed by atoms with Gasteiger partial charge in [-0.05, 0) is 12.1 Å². The summed E-state index contributed by atoms with van der Waals surface area (Å²) in [5, 5.41) is 0.213. The second kappa shape index (κ2) is 5.76. The van der Waals surface area contributed by atoms with Gasteiger partial charge in [-0.25, -0.2) is 13.1 Å². The van der Waals surface area contributed by atoms with Crippen molar-refractivity contribution in [2.45, 2.75) is 4.90 Å². The Morgan fingerprint density at radius 3 is 2.06 bits per heavy atom. The lowest BCUT2D eigenvalue weighted by Gasteiger charge is -2.09. The van der Waals surface area contributed by atoms with E-state index in [4.69, 9.17) is 46.4 Å². The summed E-state index contributed by atoms with van der Waals surface area (Å²) >= 11 is 22.6. The first kappa shape index (κ1) is 14.4. The van der Waals surface area contributed by atoms with Gasteiger partial charge in [0.1, 0.15) is 4.90 Å². The summed E-state index contributed by atoms with van der Waals surface area (Å²) < 4.78 is 25.8. The van der Waals surface area contributed by atoms with E-state index >= 15 is 0 Å². The fraction of sp³-hybridized carbons (Fsp3) is 0.250. The molecule has 0 aliphatic carbocycles. The minimum absolute atomic E-state index is 0.0282.